The SMILES string of the molecule is C=C1C(=C)C(NC2CC(C)CC(OC(=O)CCC(OCCCCCCCC)OCCCCCCCC)C2)=C1NCCNC.CCCCC/C=C\C/C=C\CCCCCCCC(=O)C(C)C. The number of Topliss-reactive ketones (excluding diaryl/α,β-unsaturated/α-hetero) is 1. The number of carbonyl (C=O) groups is 2. The van der Waals surface area contributed by atoms with Gasteiger partial charge in [-0.15, -0.1) is 0 Å². The van der Waals surface area contributed by atoms with E-state index in [1.807, 2.05) is 20.9 Å². The first-order valence-corrected chi connectivity index (χ1v) is 27.1. The summed E-state index contributed by atoms with van der Waals surface area (Å²) in [5, 5.41) is 10.3. The van der Waals surface area contributed by atoms with E-state index in [2.05, 4.69) is 81.1 Å². The van der Waals surface area contributed by atoms with Crippen LogP contribution in [-0.2, 0) is 23.8 Å². The van der Waals surface area contributed by atoms with Crippen LogP contribution in [0.1, 0.15) is 228 Å². The zero-order chi connectivity index (χ0) is 47.8. The second-order valence-electron chi connectivity index (χ2n) is 19.3. The monoisotopic (exact) mass is 910 g/mol. The topological polar surface area (TPSA) is 97.9 Å². The summed E-state index contributed by atoms with van der Waals surface area (Å²) in [7, 11) is 1.95. The summed E-state index contributed by atoms with van der Waals surface area (Å²) in [6.07, 6.45) is 41.6. The Kier molecular flexibility index (Phi) is 38.5. The smallest absolute Gasteiger partial charge is 0.306 e. The first kappa shape index (κ1) is 60.3. The maximum absolute atomic E-state index is 13.0. The van der Waals surface area contributed by atoms with Crippen LogP contribution in [0.3, 0.4) is 0 Å². The second kappa shape index (κ2) is 41.5. The van der Waals surface area contributed by atoms with Gasteiger partial charge in [0.1, 0.15) is 11.9 Å². The number of hydrogen-bond acceptors (Lipinski definition) is 8. The average molecular weight is 910 g/mol. The van der Waals surface area contributed by atoms with E-state index in [-0.39, 0.29) is 30.3 Å². The summed E-state index contributed by atoms with van der Waals surface area (Å²) < 4.78 is 18.3. The summed E-state index contributed by atoms with van der Waals surface area (Å²) in [5.74, 6) is 0.955. The van der Waals surface area contributed by atoms with Crippen LogP contribution in [-0.4, -0.2) is 63.5 Å². The van der Waals surface area contributed by atoms with Crippen molar-refractivity contribution in [2.75, 3.05) is 33.4 Å². The lowest BCUT2D eigenvalue weighted by Crippen LogP contribution is -2.44. The number of nitrogens with one attached hydrogen (secondary N) is 3. The molecule has 2 aliphatic carbocycles. The van der Waals surface area contributed by atoms with Gasteiger partial charge < -0.3 is 30.2 Å². The first-order chi connectivity index (χ1) is 31.6. The Balaban J connectivity index is 0.000000809. The van der Waals surface area contributed by atoms with E-state index in [0.29, 0.717) is 37.8 Å². The number of likely N-dealkylation sites (N-methyl/N-ethyl adjacent to an activating group) is 1. The number of ether oxygens (including phenoxy) is 3. The van der Waals surface area contributed by atoms with Gasteiger partial charge in [-0.2, -0.15) is 0 Å². The van der Waals surface area contributed by atoms with Gasteiger partial charge in [-0.25, -0.2) is 0 Å². The van der Waals surface area contributed by atoms with Crippen molar-refractivity contribution in [1.29, 1.82) is 0 Å². The van der Waals surface area contributed by atoms with Crippen molar-refractivity contribution in [2.24, 2.45) is 11.8 Å². The number of carbonyl (C=O) groups excluding carboxylic acids is 2. The van der Waals surface area contributed by atoms with E-state index in [1.54, 1.807) is 0 Å². The Labute approximate surface area is 401 Å². The zero-order valence-corrected chi connectivity index (χ0v) is 43.5. The number of esters is 1. The van der Waals surface area contributed by atoms with Gasteiger partial charge in [-0.05, 0) is 77.2 Å². The largest absolute Gasteiger partial charge is 0.462 e. The van der Waals surface area contributed by atoms with Gasteiger partial charge in [0.2, 0.25) is 0 Å². The molecule has 0 aromatic carbocycles. The van der Waals surface area contributed by atoms with Crippen molar-refractivity contribution in [1.82, 2.24) is 16.0 Å². The third-order valence-electron chi connectivity index (χ3n) is 12.6. The van der Waals surface area contributed by atoms with Crippen LogP contribution >= 0.6 is 0 Å². The average Bonchev–Trinajstić information content (AvgIpc) is 3.29. The molecule has 0 aromatic rings. The Bertz CT molecular complexity index is 1300. The number of allylic oxidation sites excluding steroid dienone is 6. The zero-order valence-electron chi connectivity index (χ0n) is 43.5. The Morgan fingerprint density at radius 2 is 1.17 bits per heavy atom. The minimum atomic E-state index is -0.336. The summed E-state index contributed by atoms with van der Waals surface area (Å²) in [4.78, 5) is 24.4. The minimum absolute atomic E-state index is 0.0851. The predicted molar refractivity (Wildman–Crippen MR) is 278 cm³/mol. The summed E-state index contributed by atoms with van der Waals surface area (Å²) in [5.41, 5.74) is 4.04. The third-order valence-corrected chi connectivity index (χ3v) is 12.6. The molecule has 3 N–H and O–H groups in total. The Morgan fingerprint density at radius 1 is 0.646 bits per heavy atom. The molecule has 0 saturated heterocycles. The van der Waals surface area contributed by atoms with Gasteiger partial charge >= 0.3 is 5.97 Å². The van der Waals surface area contributed by atoms with Gasteiger partial charge in [0, 0.05) is 68.7 Å². The van der Waals surface area contributed by atoms with E-state index >= 15 is 0 Å². The minimum Gasteiger partial charge on any atom is -0.462 e. The fourth-order valence-corrected chi connectivity index (χ4v) is 8.46. The molecule has 2 rings (SSSR count). The maximum Gasteiger partial charge on any atom is 0.306 e. The van der Waals surface area contributed by atoms with Crippen molar-refractivity contribution in [3.8, 4) is 0 Å². The molecule has 0 bridgehead atoms. The lowest BCUT2D eigenvalue weighted by atomic mass is 9.82. The van der Waals surface area contributed by atoms with Crippen LogP contribution in [0.2, 0.25) is 0 Å². The van der Waals surface area contributed by atoms with Gasteiger partial charge in [0.15, 0.2) is 6.29 Å². The van der Waals surface area contributed by atoms with Crippen LogP contribution in [0.25, 0.3) is 0 Å². The highest BCUT2D eigenvalue weighted by atomic mass is 16.7. The van der Waals surface area contributed by atoms with Crippen molar-refractivity contribution < 1.29 is 23.8 Å². The standard InChI is InChI=1S/C36H65N3O4.C21H38O/c1-7-9-11-13-15-17-23-41-34(42-24-18-16-14-12-10-8-2)20-19-33(40)43-32-26-28(3)25-31(27-32)39-36-30(5)29(4)35(36)38-22-21-37-6;1-4-5-6-7-8-9-10-11-12-13-14-15-16-17-18-19-21(22)20(2)3/h28,31-32,34,37-39H,4-5,7-27H2,1-3,6H3;8-9,11-12,20H,4-7,10,13-19H2,1-3H3/b;9-8-,12-11-. The van der Waals surface area contributed by atoms with Gasteiger partial charge in [-0.1, -0.05) is 175 Å². The molecule has 0 aliphatic heterocycles. The van der Waals surface area contributed by atoms with Crippen LogP contribution < -0.4 is 16.0 Å². The summed E-state index contributed by atoms with van der Waals surface area (Å²) >= 11 is 0. The molecule has 0 spiro atoms. The normalized spacial score (nSPS) is 17.6. The highest BCUT2D eigenvalue weighted by Gasteiger charge is 2.33. The van der Waals surface area contributed by atoms with E-state index in [0.717, 1.165) is 87.0 Å². The molecule has 3 atom stereocenters. The fourth-order valence-electron chi connectivity index (χ4n) is 8.46. The predicted octanol–water partition coefficient (Wildman–Crippen LogP) is 14.7. The molecule has 1 saturated carbocycles. The molecule has 376 valence electrons. The second-order valence-corrected chi connectivity index (χ2v) is 19.3. The molecule has 0 radical (unpaired) electrons. The summed E-state index contributed by atoms with van der Waals surface area (Å²) in [6, 6.07) is 0.233. The lowest BCUT2D eigenvalue weighted by molar-refractivity contribution is -0.164. The molecule has 0 amide bonds. The van der Waals surface area contributed by atoms with Gasteiger partial charge in [0.25, 0.3) is 0 Å². The summed E-state index contributed by atoms with van der Waals surface area (Å²) in [6.45, 7) is 24.4. The molecule has 65 heavy (non-hydrogen) atoms. The number of rotatable bonds is 41. The molecule has 8 heteroatoms. The van der Waals surface area contributed by atoms with Crippen LogP contribution in [0.15, 0.2) is 60.0 Å². The van der Waals surface area contributed by atoms with Crippen LogP contribution in [0.4, 0.5) is 0 Å². The van der Waals surface area contributed by atoms with Crippen molar-refractivity contribution >= 4 is 11.8 Å². The molecular formula is C57H103N3O5. The van der Waals surface area contributed by atoms with Crippen LogP contribution in [0.5, 0.6) is 0 Å². The van der Waals surface area contributed by atoms with Gasteiger partial charge in [0.05, 0.1) is 17.8 Å². The van der Waals surface area contributed by atoms with E-state index in [9.17, 15) is 9.59 Å². The lowest BCUT2D eigenvalue weighted by Gasteiger charge is -2.38. The maximum atomic E-state index is 13.0. The highest BCUT2D eigenvalue weighted by Crippen LogP contribution is 2.36. The van der Waals surface area contributed by atoms with E-state index in [1.165, 1.54) is 122 Å². The number of ketones is 1. The molecule has 8 nitrogen and oxygen atoms in total. The molecule has 3 unspecified atom stereocenters. The number of hydrogen-bond donors (Lipinski definition) is 3. The Morgan fingerprint density at radius 3 is 1.75 bits per heavy atom. The van der Waals surface area contributed by atoms with Crippen molar-refractivity contribution in [2.45, 2.75) is 246 Å². The third kappa shape index (κ3) is 31.8. The van der Waals surface area contributed by atoms with E-state index < -0.39 is 0 Å². The van der Waals surface area contributed by atoms with E-state index in [4.69, 9.17) is 14.2 Å². The quantitative estimate of drug-likeness (QED) is 0.0242. The Hall–Kier alpha value is -2.68. The molecule has 1 fully saturated rings. The van der Waals surface area contributed by atoms with Crippen LogP contribution in [0, 0.1) is 11.8 Å². The van der Waals surface area contributed by atoms with Crippen molar-refractivity contribution in [3.63, 3.8) is 0 Å². The number of unbranched alkanes of at least 4 members (excludes halogenated alkanes) is 18. The molecule has 2 aliphatic rings. The fraction of sp³-hybridized carbons (Fsp3) is 0.789. The molecule has 0 heterocycles. The van der Waals surface area contributed by atoms with Crippen molar-refractivity contribution in [3.05, 3.63) is 60.0 Å². The molecule has 0 aromatic heterocycles. The first-order valence-electron chi connectivity index (χ1n) is 27.1. The highest BCUT2D eigenvalue weighted by molar-refractivity contribution is 5.80. The van der Waals surface area contributed by atoms with Gasteiger partial charge in [-0.3, -0.25) is 9.59 Å². The molecular weight excluding hydrogens is 807 g/mol.